The van der Waals surface area contributed by atoms with Gasteiger partial charge in [0.15, 0.2) is 0 Å². The SMILES string of the molecule is CC(CC(C)C1(C)OC1C)C1(C)OC1C.[NH-]C(=O)N[C-]=O.[Y]. The zero-order valence-corrected chi connectivity index (χ0v) is 17.1. The summed E-state index contributed by atoms with van der Waals surface area (Å²) in [7, 11) is 0. The molecule has 2 aliphatic heterocycles. The van der Waals surface area contributed by atoms with Gasteiger partial charge in [0.05, 0.1) is 23.4 Å². The first-order valence-electron chi connectivity index (χ1n) is 7.32. The summed E-state index contributed by atoms with van der Waals surface area (Å²) in [6.07, 6.45) is 3.10. The van der Waals surface area contributed by atoms with Crippen molar-refractivity contribution < 1.29 is 51.8 Å². The van der Waals surface area contributed by atoms with Crippen LogP contribution in [0.3, 0.4) is 0 Å². The molecule has 2 rings (SSSR count). The average molecular weight is 387 g/mol. The first-order chi connectivity index (χ1) is 9.57. The molecular weight excluding hydrogens is 361 g/mol. The van der Waals surface area contributed by atoms with Gasteiger partial charge in [-0.05, 0) is 58.4 Å². The third kappa shape index (κ3) is 5.25. The number of hydrogen-bond acceptors (Lipinski definition) is 4. The fourth-order valence-electron chi connectivity index (χ4n) is 2.77. The molecule has 6 unspecified atom stereocenters. The molecule has 7 heteroatoms. The second-order valence-electron chi connectivity index (χ2n) is 6.48. The Balaban J connectivity index is 0.000000546. The molecule has 2 saturated heterocycles. The summed E-state index contributed by atoms with van der Waals surface area (Å²) in [4.78, 5) is 18.4. The number of hydrogen-bond donors (Lipinski definition) is 1. The molecule has 2 aliphatic rings. The van der Waals surface area contributed by atoms with Crippen molar-refractivity contribution >= 4 is 12.4 Å². The van der Waals surface area contributed by atoms with Gasteiger partial charge in [0, 0.05) is 32.7 Å². The van der Waals surface area contributed by atoms with E-state index in [9.17, 15) is 4.79 Å². The molecule has 0 aromatic rings. The molecule has 6 nitrogen and oxygen atoms in total. The van der Waals surface area contributed by atoms with Crippen molar-refractivity contribution in [2.24, 2.45) is 11.8 Å². The Morgan fingerprint density at radius 2 is 1.50 bits per heavy atom. The van der Waals surface area contributed by atoms with Crippen molar-refractivity contribution in [2.45, 2.75) is 71.4 Å². The van der Waals surface area contributed by atoms with E-state index in [1.165, 1.54) is 11.7 Å². The molecule has 0 bridgehead atoms. The molecule has 22 heavy (non-hydrogen) atoms. The molecule has 1 radical (unpaired) electrons. The van der Waals surface area contributed by atoms with Crippen LogP contribution in [-0.2, 0) is 47.0 Å². The topological polar surface area (TPSA) is 95.0 Å². The number of nitrogens with one attached hydrogen (secondary N) is 2. The first-order valence-corrected chi connectivity index (χ1v) is 7.32. The summed E-state index contributed by atoms with van der Waals surface area (Å²) in [5.74, 6) is 1.24. The zero-order valence-electron chi connectivity index (χ0n) is 14.2. The molecule has 0 saturated carbocycles. The quantitative estimate of drug-likeness (QED) is 0.446. The van der Waals surface area contributed by atoms with Gasteiger partial charge >= 0.3 is 0 Å². The summed E-state index contributed by atoms with van der Waals surface area (Å²) in [5, 5.41) is 1.43. The van der Waals surface area contributed by atoms with Gasteiger partial charge in [-0.15, -0.1) is 0 Å². The van der Waals surface area contributed by atoms with Crippen LogP contribution in [0.25, 0.3) is 5.73 Å². The Kier molecular flexibility index (Phi) is 8.16. The van der Waals surface area contributed by atoms with E-state index in [0.717, 1.165) is 6.41 Å². The maximum absolute atomic E-state index is 9.34. The fraction of sp³-hybridized carbons (Fsp3) is 0.867. The van der Waals surface area contributed by atoms with Crippen LogP contribution < -0.4 is 5.32 Å². The number of rotatable bonds is 5. The van der Waals surface area contributed by atoms with E-state index in [1.54, 1.807) is 0 Å². The van der Waals surface area contributed by atoms with Crippen LogP contribution in [0.2, 0.25) is 0 Å². The maximum Gasteiger partial charge on any atom is 0.0943 e. The largest absolute Gasteiger partial charge is 0.559 e. The van der Waals surface area contributed by atoms with Gasteiger partial charge in [-0.25, -0.2) is 0 Å². The molecule has 0 aliphatic carbocycles. The number of urea groups is 1. The standard InChI is InChI=1S/C13H24O2.C2H3N2O2.Y/c1-8(12(5)10(3)14-12)7-9(2)13(6)11(4)15-13;3-2(6)4-1-5;/h8-11H,7H2,1-6H3;(H3,3,4,5,6);/q;-1;/p-1. The number of imide groups is 1. The minimum absolute atomic E-state index is 0. The van der Waals surface area contributed by atoms with Crippen LogP contribution in [0.4, 0.5) is 4.79 Å². The number of ether oxygens (including phenoxy) is 2. The summed E-state index contributed by atoms with van der Waals surface area (Å²) < 4.78 is 11.4. The molecule has 0 aromatic carbocycles. The van der Waals surface area contributed by atoms with Crippen molar-refractivity contribution in [2.75, 3.05) is 0 Å². The van der Waals surface area contributed by atoms with E-state index in [2.05, 4.69) is 41.5 Å². The Morgan fingerprint density at radius 3 is 1.64 bits per heavy atom. The van der Waals surface area contributed by atoms with Gasteiger partial charge in [-0.1, -0.05) is 13.8 Å². The van der Waals surface area contributed by atoms with Crippen molar-refractivity contribution in [1.82, 2.24) is 5.32 Å². The Morgan fingerprint density at radius 1 is 1.18 bits per heavy atom. The van der Waals surface area contributed by atoms with Crippen LogP contribution in [0.1, 0.15) is 48.0 Å². The van der Waals surface area contributed by atoms with Gasteiger partial charge in [0.25, 0.3) is 0 Å². The van der Waals surface area contributed by atoms with Gasteiger partial charge in [-0.3, -0.25) is 0 Å². The van der Waals surface area contributed by atoms with E-state index < -0.39 is 6.03 Å². The van der Waals surface area contributed by atoms with Gasteiger partial charge in [0.1, 0.15) is 0 Å². The van der Waals surface area contributed by atoms with Crippen LogP contribution >= 0.6 is 0 Å². The zero-order chi connectivity index (χ0) is 16.4. The molecule has 2 heterocycles. The number of amides is 3. The fourth-order valence-corrected chi connectivity index (χ4v) is 2.77. The number of epoxide rings is 2. The normalized spacial score (nSPS) is 37.5. The maximum atomic E-state index is 9.34. The predicted molar refractivity (Wildman–Crippen MR) is 79.4 cm³/mol. The first kappa shape index (κ1) is 22.0. The smallest absolute Gasteiger partial charge is 0.0943 e. The van der Waals surface area contributed by atoms with E-state index in [-0.39, 0.29) is 43.9 Å². The molecule has 6 atom stereocenters. The monoisotopic (exact) mass is 387 g/mol. The van der Waals surface area contributed by atoms with Gasteiger partial charge in [0.2, 0.25) is 0 Å². The van der Waals surface area contributed by atoms with Crippen molar-refractivity contribution in [3.8, 4) is 0 Å². The van der Waals surface area contributed by atoms with Crippen molar-refractivity contribution in [3.63, 3.8) is 0 Å². The number of carbonyl (C=O) groups excluding carboxylic acids is 2. The summed E-state index contributed by atoms with van der Waals surface area (Å²) in [5.41, 5.74) is 6.22. The minimum atomic E-state index is -1.13. The average Bonchev–Trinajstić information content (AvgIpc) is 3.18. The molecular formula is C15H26N2O4Y-2. The Bertz CT molecular complexity index is 383. The molecule has 125 valence electrons. The second kappa shape index (κ2) is 8.18. The van der Waals surface area contributed by atoms with Gasteiger partial charge < -0.3 is 30.1 Å². The van der Waals surface area contributed by atoms with E-state index in [1.807, 2.05) is 0 Å². The second-order valence-corrected chi connectivity index (χ2v) is 6.48. The van der Waals surface area contributed by atoms with Crippen molar-refractivity contribution in [1.29, 1.82) is 0 Å². The van der Waals surface area contributed by atoms with E-state index >= 15 is 0 Å². The molecule has 2 fully saturated rings. The Labute approximate surface area is 158 Å². The molecule has 3 amide bonds. The third-order valence-corrected chi connectivity index (χ3v) is 5.19. The minimum Gasteiger partial charge on any atom is -0.559 e. The third-order valence-electron chi connectivity index (χ3n) is 5.19. The molecule has 0 spiro atoms. The Hall–Kier alpha value is -0.0361. The van der Waals surface area contributed by atoms with Gasteiger partial charge in [-0.2, -0.15) is 0 Å². The predicted octanol–water partition coefficient (Wildman–Crippen LogP) is 2.82. The van der Waals surface area contributed by atoms with Crippen LogP contribution in [0.5, 0.6) is 0 Å². The summed E-state index contributed by atoms with van der Waals surface area (Å²) >= 11 is 0. The van der Waals surface area contributed by atoms with E-state index in [4.69, 9.17) is 20.0 Å². The summed E-state index contributed by atoms with van der Waals surface area (Å²) in [6, 6.07) is -1.13. The number of carbonyl (C=O) groups is 1. The molecule has 0 aromatic heterocycles. The molecule has 2 N–H and O–H groups in total. The van der Waals surface area contributed by atoms with Crippen molar-refractivity contribution in [3.05, 3.63) is 5.73 Å². The van der Waals surface area contributed by atoms with Crippen LogP contribution in [0.15, 0.2) is 0 Å². The van der Waals surface area contributed by atoms with Crippen LogP contribution in [0, 0.1) is 11.8 Å². The summed E-state index contributed by atoms with van der Waals surface area (Å²) in [6.45, 7) is 13.4. The van der Waals surface area contributed by atoms with Crippen LogP contribution in [-0.4, -0.2) is 35.9 Å². The van der Waals surface area contributed by atoms with E-state index in [0.29, 0.717) is 24.0 Å².